The van der Waals surface area contributed by atoms with Crippen LogP contribution in [-0.4, -0.2) is 5.11 Å². The zero-order valence-corrected chi connectivity index (χ0v) is 11.9. The molecule has 2 aromatic carbocycles. The van der Waals surface area contributed by atoms with E-state index in [1.54, 1.807) is 18.7 Å². The summed E-state index contributed by atoms with van der Waals surface area (Å²) >= 11 is 1.79. The number of fused-ring (bicyclic) bond motifs is 1. The molecule has 2 heteroatoms. The molecule has 1 aliphatic carbocycles. The van der Waals surface area contributed by atoms with Gasteiger partial charge in [0.1, 0.15) is 0 Å². The lowest BCUT2D eigenvalue weighted by molar-refractivity contribution is 0.199. The fourth-order valence-corrected chi connectivity index (χ4v) is 3.44. The van der Waals surface area contributed by atoms with Gasteiger partial charge < -0.3 is 5.11 Å². The SMILES string of the molecule is C[C@@H](O)c1ccc(Sc2ccc3c(c2)CCC3)cc1. The van der Waals surface area contributed by atoms with Crippen LogP contribution in [0.1, 0.15) is 36.1 Å². The summed E-state index contributed by atoms with van der Waals surface area (Å²) in [5.74, 6) is 0. The third kappa shape index (κ3) is 2.85. The maximum absolute atomic E-state index is 9.50. The Bertz CT molecular complexity index is 572. The Balaban J connectivity index is 1.77. The van der Waals surface area contributed by atoms with Crippen LogP contribution in [0.5, 0.6) is 0 Å². The molecule has 0 amide bonds. The van der Waals surface area contributed by atoms with Gasteiger partial charge in [-0.15, -0.1) is 0 Å². The minimum Gasteiger partial charge on any atom is -0.389 e. The first-order chi connectivity index (χ1) is 9.22. The zero-order chi connectivity index (χ0) is 13.2. The number of benzene rings is 2. The van der Waals surface area contributed by atoms with Crippen LogP contribution < -0.4 is 0 Å². The van der Waals surface area contributed by atoms with Gasteiger partial charge in [-0.05, 0) is 67.1 Å². The van der Waals surface area contributed by atoms with Crippen molar-refractivity contribution in [2.24, 2.45) is 0 Å². The van der Waals surface area contributed by atoms with Crippen molar-refractivity contribution in [3.8, 4) is 0 Å². The van der Waals surface area contributed by atoms with Crippen molar-refractivity contribution in [2.75, 3.05) is 0 Å². The second-order valence-electron chi connectivity index (χ2n) is 5.13. The first-order valence-electron chi connectivity index (χ1n) is 6.80. The van der Waals surface area contributed by atoms with Gasteiger partial charge in [-0.25, -0.2) is 0 Å². The Hall–Kier alpha value is -1.25. The summed E-state index contributed by atoms with van der Waals surface area (Å²) in [6.45, 7) is 1.79. The summed E-state index contributed by atoms with van der Waals surface area (Å²) in [6.07, 6.45) is 3.37. The van der Waals surface area contributed by atoms with E-state index in [1.165, 1.54) is 40.2 Å². The highest BCUT2D eigenvalue weighted by Gasteiger charge is 2.11. The van der Waals surface area contributed by atoms with Crippen LogP contribution in [0.25, 0.3) is 0 Å². The molecule has 0 unspecified atom stereocenters. The monoisotopic (exact) mass is 270 g/mol. The maximum atomic E-state index is 9.50. The van der Waals surface area contributed by atoms with Gasteiger partial charge in [0, 0.05) is 9.79 Å². The van der Waals surface area contributed by atoms with Crippen molar-refractivity contribution in [2.45, 2.75) is 42.1 Å². The largest absolute Gasteiger partial charge is 0.389 e. The topological polar surface area (TPSA) is 20.2 Å². The number of aryl methyl sites for hydroxylation is 2. The molecule has 0 spiro atoms. The first-order valence-corrected chi connectivity index (χ1v) is 7.62. The van der Waals surface area contributed by atoms with Crippen LogP contribution in [-0.2, 0) is 12.8 Å². The van der Waals surface area contributed by atoms with Crippen molar-refractivity contribution in [1.82, 2.24) is 0 Å². The lowest BCUT2D eigenvalue weighted by atomic mass is 10.1. The molecule has 0 saturated heterocycles. The van der Waals surface area contributed by atoms with Crippen molar-refractivity contribution in [1.29, 1.82) is 0 Å². The third-order valence-corrected chi connectivity index (χ3v) is 4.67. The number of aliphatic hydroxyl groups is 1. The summed E-state index contributed by atoms with van der Waals surface area (Å²) in [4.78, 5) is 2.53. The minimum atomic E-state index is -0.390. The zero-order valence-electron chi connectivity index (χ0n) is 11.1. The summed E-state index contributed by atoms with van der Waals surface area (Å²) in [5, 5.41) is 9.50. The first kappa shape index (κ1) is 12.8. The van der Waals surface area contributed by atoms with Crippen molar-refractivity contribution >= 4 is 11.8 Å². The molecule has 98 valence electrons. The number of rotatable bonds is 3. The van der Waals surface area contributed by atoms with E-state index in [0.29, 0.717) is 0 Å². The van der Waals surface area contributed by atoms with Crippen molar-refractivity contribution in [3.05, 3.63) is 59.2 Å². The molecule has 0 aromatic heterocycles. The predicted octanol–water partition coefficient (Wildman–Crippen LogP) is 4.38. The molecule has 0 aliphatic heterocycles. The molecule has 0 heterocycles. The fourth-order valence-electron chi connectivity index (χ4n) is 2.56. The molecule has 0 fully saturated rings. The smallest absolute Gasteiger partial charge is 0.0761 e. The Labute approximate surface area is 118 Å². The molecule has 3 rings (SSSR count). The second kappa shape index (κ2) is 5.40. The van der Waals surface area contributed by atoms with Gasteiger partial charge in [-0.2, -0.15) is 0 Å². The van der Waals surface area contributed by atoms with E-state index >= 15 is 0 Å². The molecular weight excluding hydrogens is 252 g/mol. The Kier molecular flexibility index (Phi) is 3.63. The van der Waals surface area contributed by atoms with Crippen LogP contribution in [0, 0.1) is 0 Å². The normalized spacial score (nSPS) is 15.3. The lowest BCUT2D eigenvalue weighted by Gasteiger charge is -2.07. The number of hydrogen-bond acceptors (Lipinski definition) is 2. The van der Waals surface area contributed by atoms with E-state index in [-0.39, 0.29) is 6.10 Å². The molecule has 1 nitrogen and oxygen atoms in total. The number of hydrogen-bond donors (Lipinski definition) is 1. The molecule has 2 aromatic rings. The molecule has 0 radical (unpaired) electrons. The second-order valence-corrected chi connectivity index (χ2v) is 6.28. The van der Waals surface area contributed by atoms with Crippen LogP contribution >= 0.6 is 11.8 Å². The molecule has 1 aliphatic rings. The Morgan fingerprint density at radius 1 is 0.947 bits per heavy atom. The molecular formula is C17H18OS. The van der Waals surface area contributed by atoms with Gasteiger partial charge >= 0.3 is 0 Å². The fraction of sp³-hybridized carbons (Fsp3) is 0.294. The molecule has 0 saturated carbocycles. The Morgan fingerprint density at radius 3 is 2.37 bits per heavy atom. The lowest BCUT2D eigenvalue weighted by Crippen LogP contribution is -1.89. The van der Waals surface area contributed by atoms with Crippen LogP contribution in [0.4, 0.5) is 0 Å². The van der Waals surface area contributed by atoms with Gasteiger partial charge in [0.05, 0.1) is 6.10 Å². The van der Waals surface area contributed by atoms with Gasteiger partial charge in [0.15, 0.2) is 0 Å². The molecule has 1 N–H and O–H groups in total. The van der Waals surface area contributed by atoms with E-state index in [1.807, 2.05) is 12.1 Å². The predicted molar refractivity (Wildman–Crippen MR) is 79.7 cm³/mol. The van der Waals surface area contributed by atoms with Gasteiger partial charge in [0.25, 0.3) is 0 Å². The van der Waals surface area contributed by atoms with Gasteiger partial charge in [0.2, 0.25) is 0 Å². The highest BCUT2D eigenvalue weighted by molar-refractivity contribution is 7.99. The Morgan fingerprint density at radius 2 is 1.63 bits per heavy atom. The molecule has 0 bridgehead atoms. The standard InChI is InChI=1S/C17H18OS/c1-12(18)13-5-8-16(9-6-13)19-17-10-7-14-3-2-4-15(14)11-17/h5-12,18H,2-4H2,1H3/t12-/m1/s1. The summed E-state index contributed by atoms with van der Waals surface area (Å²) in [5.41, 5.74) is 4.01. The van der Waals surface area contributed by atoms with Gasteiger partial charge in [-0.1, -0.05) is 30.0 Å². The highest BCUT2D eigenvalue weighted by Crippen LogP contribution is 2.32. The summed E-state index contributed by atoms with van der Waals surface area (Å²) < 4.78 is 0. The average Bonchev–Trinajstić information content (AvgIpc) is 2.87. The molecule has 1 atom stereocenters. The van der Waals surface area contributed by atoms with Crippen molar-refractivity contribution < 1.29 is 5.11 Å². The van der Waals surface area contributed by atoms with Crippen molar-refractivity contribution in [3.63, 3.8) is 0 Å². The number of aliphatic hydroxyl groups excluding tert-OH is 1. The van der Waals surface area contributed by atoms with E-state index < -0.39 is 0 Å². The van der Waals surface area contributed by atoms with Crippen LogP contribution in [0.15, 0.2) is 52.3 Å². The third-order valence-electron chi connectivity index (χ3n) is 3.67. The average molecular weight is 270 g/mol. The minimum absolute atomic E-state index is 0.390. The van der Waals surface area contributed by atoms with E-state index in [2.05, 4.69) is 30.3 Å². The quantitative estimate of drug-likeness (QED) is 0.893. The van der Waals surface area contributed by atoms with Crippen LogP contribution in [0.3, 0.4) is 0 Å². The van der Waals surface area contributed by atoms with Gasteiger partial charge in [-0.3, -0.25) is 0 Å². The molecule has 19 heavy (non-hydrogen) atoms. The maximum Gasteiger partial charge on any atom is 0.0761 e. The summed E-state index contributed by atoms with van der Waals surface area (Å²) in [6, 6.07) is 15.0. The van der Waals surface area contributed by atoms with Crippen LogP contribution in [0.2, 0.25) is 0 Å². The summed E-state index contributed by atoms with van der Waals surface area (Å²) in [7, 11) is 0. The van der Waals surface area contributed by atoms with E-state index in [9.17, 15) is 5.11 Å². The highest BCUT2D eigenvalue weighted by atomic mass is 32.2. The van der Waals surface area contributed by atoms with E-state index in [0.717, 1.165) is 5.56 Å². The van der Waals surface area contributed by atoms with E-state index in [4.69, 9.17) is 0 Å².